The Morgan fingerprint density at radius 2 is 1.48 bits per heavy atom. The average Bonchev–Trinajstić information content (AvgIpc) is 2.87. The molecule has 214 valence electrons. The van der Waals surface area contributed by atoms with E-state index in [0.29, 0.717) is 11.3 Å². The fraction of sp³-hybridized carbons (Fsp3) is 0.355. The van der Waals surface area contributed by atoms with E-state index in [-0.39, 0.29) is 17.3 Å². The summed E-state index contributed by atoms with van der Waals surface area (Å²) in [5.74, 6) is -0.811. The van der Waals surface area contributed by atoms with Gasteiger partial charge in [0.2, 0.25) is 11.8 Å². The van der Waals surface area contributed by atoms with Crippen LogP contribution in [0.25, 0.3) is 0 Å². The molecule has 40 heavy (non-hydrogen) atoms. The number of carbonyl (C=O) groups excluding carboxylic acids is 2. The van der Waals surface area contributed by atoms with Gasteiger partial charge in [0.1, 0.15) is 12.6 Å². The van der Waals surface area contributed by atoms with Crippen LogP contribution in [-0.4, -0.2) is 43.3 Å². The molecule has 7 nitrogen and oxygen atoms in total. The number of halogens is 1. The van der Waals surface area contributed by atoms with Gasteiger partial charge in [0.15, 0.2) is 0 Å². The molecule has 3 rings (SSSR count). The molecule has 2 amide bonds. The Balaban J connectivity index is 2.08. The highest BCUT2D eigenvalue weighted by Gasteiger charge is 2.34. The van der Waals surface area contributed by atoms with Crippen LogP contribution in [0.1, 0.15) is 49.9 Å². The molecule has 0 bridgehead atoms. The molecule has 0 aliphatic heterocycles. The number of amides is 2. The lowest BCUT2D eigenvalue weighted by atomic mass is 10.1. The van der Waals surface area contributed by atoms with Crippen molar-refractivity contribution < 1.29 is 18.0 Å². The second-order valence-corrected chi connectivity index (χ2v) is 14.0. The van der Waals surface area contributed by atoms with Crippen molar-refractivity contribution in [2.75, 3.05) is 10.8 Å². The topological polar surface area (TPSA) is 86.8 Å². The molecular formula is C31H38BrN3O4S. The van der Waals surface area contributed by atoms with Crippen LogP contribution in [0.2, 0.25) is 0 Å². The van der Waals surface area contributed by atoms with Crippen LogP contribution >= 0.6 is 15.9 Å². The molecule has 3 aromatic carbocycles. The summed E-state index contributed by atoms with van der Waals surface area (Å²) in [6.07, 6.45) is 0. The molecule has 3 aromatic rings. The summed E-state index contributed by atoms with van der Waals surface area (Å²) in [6.45, 7) is 12.5. The predicted molar refractivity (Wildman–Crippen MR) is 164 cm³/mol. The normalized spacial score (nSPS) is 12.5. The maximum absolute atomic E-state index is 14.1. The Labute approximate surface area is 246 Å². The van der Waals surface area contributed by atoms with Crippen LogP contribution in [0.3, 0.4) is 0 Å². The number of hydrogen-bond donors (Lipinski definition) is 1. The van der Waals surface area contributed by atoms with Gasteiger partial charge >= 0.3 is 0 Å². The minimum Gasteiger partial charge on any atom is -0.350 e. The van der Waals surface area contributed by atoms with Gasteiger partial charge in [-0.3, -0.25) is 13.9 Å². The van der Waals surface area contributed by atoms with Crippen LogP contribution < -0.4 is 9.62 Å². The Morgan fingerprint density at radius 3 is 2.05 bits per heavy atom. The Hall–Kier alpha value is -3.17. The van der Waals surface area contributed by atoms with Gasteiger partial charge in [-0.05, 0) is 95.5 Å². The van der Waals surface area contributed by atoms with E-state index in [1.54, 1.807) is 37.3 Å². The molecule has 0 saturated heterocycles. The van der Waals surface area contributed by atoms with Crippen LogP contribution in [0.15, 0.2) is 76.1 Å². The second-order valence-electron chi connectivity index (χ2n) is 11.2. The SMILES string of the molecule is Cc1ccc(S(=O)(=O)N(CC(=O)N(Cc2ccc(Br)cc2)[C@H](C)C(=O)NC(C)(C)C)c2cc(C)ccc2C)cc1. The van der Waals surface area contributed by atoms with Gasteiger partial charge in [-0.15, -0.1) is 0 Å². The first kappa shape index (κ1) is 31.4. The second kappa shape index (κ2) is 12.6. The number of carbonyl (C=O) groups is 2. The average molecular weight is 629 g/mol. The molecule has 1 atom stereocenters. The molecule has 9 heteroatoms. The molecule has 0 heterocycles. The third-order valence-corrected chi connectivity index (χ3v) is 8.76. The molecule has 0 aromatic heterocycles. The Morgan fingerprint density at radius 1 is 0.900 bits per heavy atom. The van der Waals surface area contributed by atoms with E-state index in [9.17, 15) is 18.0 Å². The van der Waals surface area contributed by atoms with Gasteiger partial charge < -0.3 is 10.2 Å². The van der Waals surface area contributed by atoms with E-state index in [0.717, 1.165) is 25.5 Å². The largest absolute Gasteiger partial charge is 0.350 e. The number of hydrogen-bond acceptors (Lipinski definition) is 4. The maximum Gasteiger partial charge on any atom is 0.264 e. The van der Waals surface area contributed by atoms with E-state index < -0.39 is 34.1 Å². The fourth-order valence-corrected chi connectivity index (χ4v) is 5.92. The first-order valence-electron chi connectivity index (χ1n) is 13.1. The van der Waals surface area contributed by atoms with Crippen molar-refractivity contribution in [2.45, 2.75) is 71.5 Å². The highest BCUT2D eigenvalue weighted by molar-refractivity contribution is 9.10. The summed E-state index contributed by atoms with van der Waals surface area (Å²) in [4.78, 5) is 28.8. The monoisotopic (exact) mass is 627 g/mol. The van der Waals surface area contributed by atoms with Crippen molar-refractivity contribution in [3.8, 4) is 0 Å². The van der Waals surface area contributed by atoms with Crippen molar-refractivity contribution in [3.05, 3.63) is 93.5 Å². The predicted octanol–water partition coefficient (Wildman–Crippen LogP) is 5.90. The van der Waals surface area contributed by atoms with Gasteiger partial charge in [0, 0.05) is 16.6 Å². The molecular weight excluding hydrogens is 590 g/mol. The standard InChI is InChI=1S/C31H38BrN3O4S/c1-21-9-16-27(17-10-21)40(38,39)35(28-18-22(2)8-11-23(28)3)20-29(36)34(19-25-12-14-26(32)15-13-25)24(4)30(37)33-31(5,6)7/h8-18,24H,19-20H2,1-7H3,(H,33,37)/t24-/m1/s1. The zero-order chi connectivity index (χ0) is 29.8. The maximum atomic E-state index is 14.1. The van der Waals surface area contributed by atoms with Crippen LogP contribution in [0.4, 0.5) is 5.69 Å². The molecule has 0 fully saturated rings. The lowest BCUT2D eigenvalue weighted by Crippen LogP contribution is -2.54. The zero-order valence-electron chi connectivity index (χ0n) is 24.2. The summed E-state index contributed by atoms with van der Waals surface area (Å²) < 4.78 is 30.1. The minimum atomic E-state index is -4.11. The number of benzene rings is 3. The van der Waals surface area contributed by atoms with E-state index in [1.807, 2.05) is 77.9 Å². The molecule has 0 spiro atoms. The molecule has 0 aliphatic carbocycles. The Kier molecular flexibility index (Phi) is 9.85. The quantitative estimate of drug-likeness (QED) is 0.320. The first-order chi connectivity index (χ1) is 18.6. The molecule has 0 saturated carbocycles. The molecule has 0 radical (unpaired) electrons. The van der Waals surface area contributed by atoms with Crippen LogP contribution in [-0.2, 0) is 26.2 Å². The number of sulfonamides is 1. The number of nitrogens with zero attached hydrogens (tertiary/aromatic N) is 2. The van der Waals surface area contributed by atoms with Crippen LogP contribution in [0, 0.1) is 20.8 Å². The van der Waals surface area contributed by atoms with Gasteiger partial charge in [0.05, 0.1) is 10.6 Å². The summed E-state index contributed by atoms with van der Waals surface area (Å²) >= 11 is 3.43. The van der Waals surface area contributed by atoms with Gasteiger partial charge in [-0.2, -0.15) is 0 Å². The lowest BCUT2D eigenvalue weighted by Gasteiger charge is -2.34. The van der Waals surface area contributed by atoms with E-state index >= 15 is 0 Å². The van der Waals surface area contributed by atoms with Crippen molar-refractivity contribution in [1.82, 2.24) is 10.2 Å². The van der Waals surface area contributed by atoms with Crippen molar-refractivity contribution >= 4 is 43.5 Å². The van der Waals surface area contributed by atoms with Gasteiger partial charge in [-0.1, -0.05) is 57.9 Å². The zero-order valence-corrected chi connectivity index (χ0v) is 26.6. The van der Waals surface area contributed by atoms with Crippen LogP contribution in [0.5, 0.6) is 0 Å². The minimum absolute atomic E-state index is 0.0878. The third kappa shape index (κ3) is 7.95. The number of anilines is 1. The summed E-state index contributed by atoms with van der Waals surface area (Å²) in [7, 11) is -4.11. The molecule has 1 N–H and O–H groups in total. The summed E-state index contributed by atoms with van der Waals surface area (Å²) in [5, 5.41) is 2.94. The third-order valence-electron chi connectivity index (χ3n) is 6.45. The van der Waals surface area contributed by atoms with Crippen molar-refractivity contribution in [3.63, 3.8) is 0 Å². The van der Waals surface area contributed by atoms with E-state index in [2.05, 4.69) is 21.2 Å². The lowest BCUT2D eigenvalue weighted by molar-refractivity contribution is -0.140. The first-order valence-corrected chi connectivity index (χ1v) is 15.3. The van der Waals surface area contributed by atoms with Gasteiger partial charge in [-0.25, -0.2) is 8.42 Å². The van der Waals surface area contributed by atoms with E-state index in [1.165, 1.54) is 4.90 Å². The summed E-state index contributed by atoms with van der Waals surface area (Å²) in [5.41, 5.74) is 3.23. The van der Waals surface area contributed by atoms with E-state index in [4.69, 9.17) is 0 Å². The smallest absolute Gasteiger partial charge is 0.264 e. The highest BCUT2D eigenvalue weighted by atomic mass is 79.9. The Bertz CT molecular complexity index is 1460. The molecule has 0 aliphatic rings. The van der Waals surface area contributed by atoms with Crippen molar-refractivity contribution in [2.24, 2.45) is 0 Å². The summed E-state index contributed by atoms with van der Waals surface area (Å²) in [6, 6.07) is 18.7. The number of rotatable bonds is 9. The number of aryl methyl sites for hydroxylation is 3. The number of nitrogens with one attached hydrogen (secondary N) is 1. The fourth-order valence-electron chi connectivity index (χ4n) is 4.18. The van der Waals surface area contributed by atoms with Gasteiger partial charge in [0.25, 0.3) is 10.0 Å². The molecule has 0 unspecified atom stereocenters. The van der Waals surface area contributed by atoms with Crippen molar-refractivity contribution in [1.29, 1.82) is 0 Å². The highest BCUT2D eigenvalue weighted by Crippen LogP contribution is 2.29.